The van der Waals surface area contributed by atoms with Crippen molar-refractivity contribution in [1.82, 2.24) is 15.0 Å². The molecule has 0 radical (unpaired) electrons. The quantitative estimate of drug-likeness (QED) is 0.192. The number of hydrogen-bond acceptors (Lipinski definition) is 3. The number of benzene rings is 6. The molecule has 0 amide bonds. The van der Waals surface area contributed by atoms with Gasteiger partial charge >= 0.3 is 0 Å². The van der Waals surface area contributed by atoms with E-state index < -0.39 is 0 Å². The Kier molecular flexibility index (Phi) is 6.14. The molecule has 4 fully saturated rings. The first-order valence-electron chi connectivity index (χ1n) is 18.4. The second-order valence-electron chi connectivity index (χ2n) is 15.2. The number of rotatable bonds is 4. The first-order chi connectivity index (χ1) is 24.7. The molecule has 5 aliphatic carbocycles. The van der Waals surface area contributed by atoms with E-state index in [1.807, 2.05) is 0 Å². The Balaban J connectivity index is 1.19. The van der Waals surface area contributed by atoms with Gasteiger partial charge in [-0.2, -0.15) is 0 Å². The molecule has 12 rings (SSSR count). The number of hydrogen-bond donors (Lipinski definition) is 0. The molecule has 0 N–H and O–H groups in total. The molecule has 3 nitrogen and oxygen atoms in total. The van der Waals surface area contributed by atoms with Crippen molar-refractivity contribution in [3.63, 3.8) is 0 Å². The van der Waals surface area contributed by atoms with Crippen LogP contribution >= 0.6 is 0 Å². The van der Waals surface area contributed by atoms with Crippen molar-refractivity contribution < 1.29 is 0 Å². The predicted octanol–water partition coefficient (Wildman–Crippen LogP) is 11.4. The highest BCUT2D eigenvalue weighted by Gasteiger charge is 2.62. The van der Waals surface area contributed by atoms with E-state index >= 15 is 0 Å². The summed E-state index contributed by atoms with van der Waals surface area (Å²) in [5, 5.41) is 2.48. The van der Waals surface area contributed by atoms with Crippen LogP contribution in [0.15, 0.2) is 140 Å². The highest BCUT2D eigenvalue weighted by atomic mass is 15.0. The van der Waals surface area contributed by atoms with Crippen molar-refractivity contribution in [2.24, 2.45) is 23.7 Å². The molecule has 5 aliphatic rings. The van der Waals surface area contributed by atoms with Crippen molar-refractivity contribution >= 4 is 10.8 Å². The number of nitrogens with zero attached hydrogens (tertiary/aromatic N) is 3. The van der Waals surface area contributed by atoms with Crippen LogP contribution in [-0.2, 0) is 5.41 Å². The molecular weight excluding hydrogens is 607 g/mol. The first-order valence-corrected chi connectivity index (χ1v) is 18.4. The van der Waals surface area contributed by atoms with Crippen LogP contribution < -0.4 is 0 Å². The van der Waals surface area contributed by atoms with Crippen LogP contribution in [0.1, 0.15) is 43.2 Å². The smallest absolute Gasteiger partial charge is 0.165 e. The second-order valence-corrected chi connectivity index (χ2v) is 15.2. The lowest BCUT2D eigenvalue weighted by Crippen LogP contribution is -2.55. The van der Waals surface area contributed by atoms with Crippen LogP contribution in [0.4, 0.5) is 0 Å². The highest BCUT2D eigenvalue weighted by molar-refractivity contribution is 6.05. The van der Waals surface area contributed by atoms with Gasteiger partial charge in [-0.3, -0.25) is 0 Å². The highest BCUT2D eigenvalue weighted by Crippen LogP contribution is 2.70. The van der Waals surface area contributed by atoms with Crippen molar-refractivity contribution in [3.8, 4) is 56.4 Å². The summed E-state index contributed by atoms with van der Waals surface area (Å²) < 4.78 is 0. The minimum atomic E-state index is -0.0181. The van der Waals surface area contributed by atoms with E-state index in [9.17, 15) is 0 Å². The Hall–Kier alpha value is -5.41. The zero-order valence-electron chi connectivity index (χ0n) is 28.0. The Morgan fingerprint density at radius 2 is 0.960 bits per heavy atom. The molecule has 0 unspecified atom stereocenters. The molecule has 1 aromatic heterocycles. The summed E-state index contributed by atoms with van der Waals surface area (Å²) in [5.41, 5.74) is 11.4. The van der Waals surface area contributed by atoms with E-state index in [4.69, 9.17) is 15.0 Å². The fraction of sp³-hybridized carbons (Fsp3) is 0.213. The lowest BCUT2D eigenvalue weighted by Gasteiger charge is -2.61. The summed E-state index contributed by atoms with van der Waals surface area (Å²) in [4.78, 5) is 16.1. The van der Waals surface area contributed by atoms with Crippen LogP contribution in [0.25, 0.3) is 67.2 Å². The van der Waals surface area contributed by atoms with Crippen LogP contribution in [0, 0.1) is 23.7 Å². The van der Waals surface area contributed by atoms with Gasteiger partial charge in [0.2, 0.25) is 0 Å². The van der Waals surface area contributed by atoms with E-state index in [0.29, 0.717) is 23.5 Å². The first kappa shape index (κ1) is 28.4. The van der Waals surface area contributed by atoms with Crippen LogP contribution in [0.2, 0.25) is 0 Å². The Morgan fingerprint density at radius 1 is 0.440 bits per heavy atom. The molecular formula is C47H37N3. The monoisotopic (exact) mass is 643 g/mol. The molecule has 3 heteroatoms. The Morgan fingerprint density at radius 3 is 1.66 bits per heavy atom. The van der Waals surface area contributed by atoms with Crippen molar-refractivity contribution in [3.05, 3.63) is 151 Å². The molecule has 7 aromatic rings. The van der Waals surface area contributed by atoms with Gasteiger partial charge < -0.3 is 0 Å². The SMILES string of the molecule is c1ccc(-c2ccc(-c3nc(-c4ccccc4)nc(-c4c5c(cc6ccccc46)-c4ccccc4C54C5CC6CC(C5)CC4C6)n3)cc2)cc1. The summed E-state index contributed by atoms with van der Waals surface area (Å²) >= 11 is 0. The molecule has 50 heavy (non-hydrogen) atoms. The maximum Gasteiger partial charge on any atom is 0.165 e. The fourth-order valence-electron chi connectivity index (χ4n) is 11.0. The van der Waals surface area contributed by atoms with Gasteiger partial charge in [-0.15, -0.1) is 0 Å². The van der Waals surface area contributed by atoms with E-state index in [0.717, 1.165) is 28.8 Å². The largest absolute Gasteiger partial charge is 0.208 e. The molecule has 4 saturated carbocycles. The molecule has 6 aromatic carbocycles. The van der Waals surface area contributed by atoms with Gasteiger partial charge in [0, 0.05) is 22.1 Å². The van der Waals surface area contributed by atoms with E-state index in [2.05, 4.69) is 140 Å². The molecule has 4 bridgehead atoms. The van der Waals surface area contributed by atoms with Crippen LogP contribution in [0.3, 0.4) is 0 Å². The van der Waals surface area contributed by atoms with Gasteiger partial charge in [0.15, 0.2) is 17.5 Å². The summed E-state index contributed by atoms with van der Waals surface area (Å²) in [5.74, 6) is 5.24. The van der Waals surface area contributed by atoms with Gasteiger partial charge in [0.25, 0.3) is 0 Å². The zero-order valence-corrected chi connectivity index (χ0v) is 28.0. The van der Waals surface area contributed by atoms with Crippen molar-refractivity contribution in [1.29, 1.82) is 0 Å². The number of aromatic nitrogens is 3. The summed E-state index contributed by atoms with van der Waals surface area (Å²) in [7, 11) is 0. The molecule has 0 aliphatic heterocycles. The Bertz CT molecular complexity index is 2400. The summed E-state index contributed by atoms with van der Waals surface area (Å²) in [6.45, 7) is 0. The maximum atomic E-state index is 5.47. The summed E-state index contributed by atoms with van der Waals surface area (Å²) in [6.07, 6.45) is 6.76. The van der Waals surface area contributed by atoms with E-state index in [1.165, 1.54) is 76.3 Å². The van der Waals surface area contributed by atoms with E-state index in [1.54, 1.807) is 5.56 Å². The van der Waals surface area contributed by atoms with Gasteiger partial charge in [0.1, 0.15) is 0 Å². The third-order valence-electron chi connectivity index (χ3n) is 12.7. The molecule has 1 heterocycles. The van der Waals surface area contributed by atoms with Crippen molar-refractivity contribution in [2.75, 3.05) is 0 Å². The zero-order chi connectivity index (χ0) is 32.8. The molecule has 0 saturated heterocycles. The minimum absolute atomic E-state index is 0.0181. The molecule has 1 spiro atoms. The van der Waals surface area contributed by atoms with Gasteiger partial charge in [0.05, 0.1) is 0 Å². The van der Waals surface area contributed by atoms with Crippen molar-refractivity contribution in [2.45, 2.75) is 37.5 Å². The average molecular weight is 644 g/mol. The third-order valence-corrected chi connectivity index (χ3v) is 12.7. The lowest BCUT2D eigenvalue weighted by atomic mass is 9.42. The number of fused-ring (bicyclic) bond motifs is 4. The molecule has 0 atom stereocenters. The molecule has 240 valence electrons. The van der Waals surface area contributed by atoms with Crippen LogP contribution in [0.5, 0.6) is 0 Å². The van der Waals surface area contributed by atoms with Gasteiger partial charge in [-0.1, -0.05) is 133 Å². The maximum absolute atomic E-state index is 5.47. The lowest BCUT2D eigenvalue weighted by molar-refractivity contribution is -0.0397. The normalized spacial score (nSPS) is 24.1. The Labute approximate surface area is 293 Å². The second kappa shape index (κ2) is 10.8. The summed E-state index contributed by atoms with van der Waals surface area (Å²) in [6, 6.07) is 50.5. The fourth-order valence-corrected chi connectivity index (χ4v) is 11.0. The topological polar surface area (TPSA) is 38.7 Å². The van der Waals surface area contributed by atoms with Crippen LogP contribution in [-0.4, -0.2) is 15.0 Å². The van der Waals surface area contributed by atoms with Gasteiger partial charge in [-0.05, 0) is 106 Å². The minimum Gasteiger partial charge on any atom is -0.208 e. The van der Waals surface area contributed by atoms with Gasteiger partial charge in [-0.25, -0.2) is 15.0 Å². The standard InChI is InChI=1S/C47H37N3/c1-3-11-31(12-4-1)32-19-21-34(22-20-32)45-48-44(33-13-5-2-6-14-33)49-46(50-45)42-38-16-8-7-15-35(38)28-40-39-17-9-10-18-41(39)47(43(40)42)36-24-29-23-30(26-36)27-37(47)25-29/h1-22,28-30,36-37H,23-27H2. The third kappa shape index (κ3) is 4.07. The predicted molar refractivity (Wildman–Crippen MR) is 202 cm³/mol. The average Bonchev–Trinajstić information content (AvgIpc) is 3.46. The van der Waals surface area contributed by atoms with E-state index in [-0.39, 0.29) is 5.41 Å².